The molecule has 0 heterocycles. The summed E-state index contributed by atoms with van der Waals surface area (Å²) in [5.74, 6) is -0.0143. The number of hydrogen-bond donors (Lipinski definition) is 1. The van der Waals surface area contributed by atoms with E-state index in [9.17, 15) is 9.90 Å². The van der Waals surface area contributed by atoms with E-state index in [2.05, 4.69) is 0 Å². The molecule has 0 spiro atoms. The summed E-state index contributed by atoms with van der Waals surface area (Å²) in [6.45, 7) is 7.58. The van der Waals surface area contributed by atoms with Gasteiger partial charge >= 0.3 is 0 Å². The van der Waals surface area contributed by atoms with Crippen molar-refractivity contribution in [2.24, 2.45) is 0 Å². The van der Waals surface area contributed by atoms with Crippen LogP contribution in [0.5, 0.6) is 0 Å². The number of ether oxygens (including phenoxy) is 1. The smallest absolute Gasteiger partial charge is 0.193 e. The van der Waals surface area contributed by atoms with Crippen molar-refractivity contribution >= 4 is 5.78 Å². The summed E-state index contributed by atoms with van der Waals surface area (Å²) in [5, 5.41) is 9.77. The van der Waals surface area contributed by atoms with Gasteiger partial charge in [-0.1, -0.05) is 54.6 Å². The van der Waals surface area contributed by atoms with E-state index in [4.69, 9.17) is 4.74 Å². The average molecular weight is 312 g/mol. The third-order valence-electron chi connectivity index (χ3n) is 3.63. The molecular weight excluding hydrogens is 288 g/mol. The molecule has 23 heavy (non-hydrogen) atoms. The first-order chi connectivity index (χ1) is 10.7. The summed E-state index contributed by atoms with van der Waals surface area (Å²) < 4.78 is 6.01. The van der Waals surface area contributed by atoms with Crippen LogP contribution in [0.3, 0.4) is 0 Å². The van der Waals surface area contributed by atoms with E-state index in [-0.39, 0.29) is 18.0 Å². The van der Waals surface area contributed by atoms with Crippen LogP contribution in [0.2, 0.25) is 0 Å². The summed E-state index contributed by atoms with van der Waals surface area (Å²) >= 11 is 0. The minimum absolute atomic E-state index is 0.0143. The predicted molar refractivity (Wildman–Crippen MR) is 91.6 cm³/mol. The van der Waals surface area contributed by atoms with Crippen LogP contribution in [-0.4, -0.2) is 23.1 Å². The van der Waals surface area contributed by atoms with Crippen molar-refractivity contribution < 1.29 is 14.6 Å². The highest BCUT2D eigenvalue weighted by Gasteiger charge is 2.32. The van der Waals surface area contributed by atoms with Gasteiger partial charge in [-0.25, -0.2) is 0 Å². The average Bonchev–Trinajstić information content (AvgIpc) is 2.53. The van der Waals surface area contributed by atoms with E-state index in [0.717, 1.165) is 5.56 Å². The monoisotopic (exact) mass is 312 g/mol. The second-order valence-electron chi connectivity index (χ2n) is 6.88. The summed E-state index contributed by atoms with van der Waals surface area (Å²) in [5.41, 5.74) is 0.953. The van der Waals surface area contributed by atoms with Gasteiger partial charge in [-0.05, 0) is 33.3 Å². The molecule has 0 saturated heterocycles. The Labute approximate surface area is 137 Å². The summed E-state index contributed by atoms with van der Waals surface area (Å²) in [4.78, 5) is 12.4. The normalized spacial score (nSPS) is 14.3. The molecule has 0 saturated carbocycles. The first-order valence-corrected chi connectivity index (χ1v) is 7.76. The van der Waals surface area contributed by atoms with Crippen molar-refractivity contribution in [1.82, 2.24) is 0 Å². The molecule has 1 N–H and O–H groups in total. The number of benzene rings is 2. The van der Waals surface area contributed by atoms with Gasteiger partial charge < -0.3 is 9.84 Å². The lowest BCUT2D eigenvalue weighted by atomic mass is 9.93. The summed E-state index contributed by atoms with van der Waals surface area (Å²) in [6.07, 6.45) is 0. The van der Waals surface area contributed by atoms with Crippen molar-refractivity contribution in [3.8, 4) is 0 Å². The number of hydrogen-bond acceptors (Lipinski definition) is 3. The topological polar surface area (TPSA) is 46.5 Å². The van der Waals surface area contributed by atoms with Crippen molar-refractivity contribution in [3.63, 3.8) is 0 Å². The van der Waals surface area contributed by atoms with Crippen LogP contribution in [0.15, 0.2) is 54.6 Å². The Bertz CT molecular complexity index is 654. The molecule has 0 radical (unpaired) electrons. The molecule has 1 unspecified atom stereocenters. The largest absolute Gasteiger partial charge is 0.393 e. The molecule has 0 aliphatic heterocycles. The van der Waals surface area contributed by atoms with Gasteiger partial charge in [0.25, 0.3) is 0 Å². The van der Waals surface area contributed by atoms with Gasteiger partial charge in [-0.2, -0.15) is 0 Å². The molecule has 122 valence electrons. The van der Waals surface area contributed by atoms with Crippen LogP contribution in [0.1, 0.15) is 49.2 Å². The molecule has 3 heteroatoms. The first-order valence-electron chi connectivity index (χ1n) is 7.76. The number of carbonyl (C=O) groups is 1. The van der Waals surface area contributed by atoms with Crippen LogP contribution in [-0.2, 0) is 10.3 Å². The standard InChI is InChI=1S/C20H24O3/c1-19(2,3)23-20(4,14-21)17-12-10-16(11-13-17)18(22)15-8-6-5-7-9-15/h5-13,21H,14H2,1-4H3. The molecular formula is C20H24O3. The van der Waals surface area contributed by atoms with Gasteiger partial charge in [-0.3, -0.25) is 4.79 Å². The van der Waals surface area contributed by atoms with Gasteiger partial charge in [0, 0.05) is 11.1 Å². The lowest BCUT2D eigenvalue weighted by molar-refractivity contribution is -0.148. The zero-order valence-electron chi connectivity index (χ0n) is 14.2. The second-order valence-corrected chi connectivity index (χ2v) is 6.88. The van der Waals surface area contributed by atoms with Gasteiger partial charge in [0.15, 0.2) is 5.78 Å². The Kier molecular flexibility index (Phi) is 5.03. The number of aliphatic hydroxyl groups excluding tert-OH is 1. The van der Waals surface area contributed by atoms with Crippen molar-refractivity contribution in [2.45, 2.75) is 38.9 Å². The Balaban J connectivity index is 2.26. The fraction of sp³-hybridized carbons (Fsp3) is 0.350. The fourth-order valence-electron chi connectivity index (χ4n) is 2.59. The number of ketones is 1. The first kappa shape index (κ1) is 17.4. The summed E-state index contributed by atoms with van der Waals surface area (Å²) in [7, 11) is 0. The molecule has 2 rings (SSSR count). The highest BCUT2D eigenvalue weighted by molar-refractivity contribution is 6.08. The quantitative estimate of drug-likeness (QED) is 0.851. The Morgan fingerprint density at radius 3 is 1.91 bits per heavy atom. The Morgan fingerprint density at radius 1 is 0.913 bits per heavy atom. The summed E-state index contributed by atoms with van der Waals surface area (Å²) in [6, 6.07) is 16.4. The molecule has 2 aromatic rings. The van der Waals surface area contributed by atoms with E-state index < -0.39 is 5.60 Å². The minimum Gasteiger partial charge on any atom is -0.393 e. The molecule has 0 amide bonds. The van der Waals surface area contributed by atoms with Gasteiger partial charge in [0.2, 0.25) is 0 Å². The maximum atomic E-state index is 12.4. The SMILES string of the molecule is CC(C)(C)OC(C)(CO)c1ccc(C(=O)c2ccccc2)cc1. The molecule has 0 aliphatic carbocycles. The van der Waals surface area contributed by atoms with Crippen LogP contribution in [0.25, 0.3) is 0 Å². The van der Waals surface area contributed by atoms with Crippen LogP contribution in [0.4, 0.5) is 0 Å². The van der Waals surface area contributed by atoms with E-state index in [1.165, 1.54) is 0 Å². The molecule has 3 nitrogen and oxygen atoms in total. The van der Waals surface area contributed by atoms with Crippen molar-refractivity contribution in [1.29, 1.82) is 0 Å². The molecule has 2 aromatic carbocycles. The fourth-order valence-corrected chi connectivity index (χ4v) is 2.59. The molecule has 1 atom stereocenters. The molecule has 0 aromatic heterocycles. The molecule has 0 bridgehead atoms. The Morgan fingerprint density at radius 2 is 1.43 bits per heavy atom. The maximum Gasteiger partial charge on any atom is 0.193 e. The van der Waals surface area contributed by atoms with Gasteiger partial charge in [0.1, 0.15) is 5.60 Å². The predicted octanol–water partition coefficient (Wildman–Crippen LogP) is 3.94. The third kappa shape index (κ3) is 4.27. The minimum atomic E-state index is -0.799. The lowest BCUT2D eigenvalue weighted by Gasteiger charge is -2.35. The second kappa shape index (κ2) is 6.65. The van der Waals surface area contributed by atoms with Crippen LogP contribution in [0, 0.1) is 0 Å². The van der Waals surface area contributed by atoms with Gasteiger partial charge in [-0.15, -0.1) is 0 Å². The van der Waals surface area contributed by atoms with E-state index >= 15 is 0 Å². The molecule has 0 aliphatic rings. The van der Waals surface area contributed by atoms with E-state index in [1.807, 2.05) is 58.0 Å². The number of carbonyl (C=O) groups excluding carboxylic acids is 1. The zero-order chi connectivity index (χ0) is 17.1. The highest BCUT2D eigenvalue weighted by atomic mass is 16.5. The van der Waals surface area contributed by atoms with Crippen molar-refractivity contribution in [2.75, 3.05) is 6.61 Å². The zero-order valence-corrected chi connectivity index (χ0v) is 14.2. The number of aliphatic hydroxyl groups is 1. The van der Waals surface area contributed by atoms with Crippen LogP contribution >= 0.6 is 0 Å². The Hall–Kier alpha value is -1.97. The van der Waals surface area contributed by atoms with Crippen LogP contribution < -0.4 is 0 Å². The van der Waals surface area contributed by atoms with Crippen molar-refractivity contribution in [3.05, 3.63) is 71.3 Å². The lowest BCUT2D eigenvalue weighted by Crippen LogP contribution is -2.38. The maximum absolute atomic E-state index is 12.4. The van der Waals surface area contributed by atoms with E-state index in [0.29, 0.717) is 11.1 Å². The van der Waals surface area contributed by atoms with E-state index in [1.54, 1.807) is 24.3 Å². The third-order valence-corrected chi connectivity index (χ3v) is 3.63. The number of rotatable bonds is 5. The molecule has 0 fully saturated rings. The van der Waals surface area contributed by atoms with Gasteiger partial charge in [0.05, 0.1) is 12.2 Å². The highest BCUT2D eigenvalue weighted by Crippen LogP contribution is 2.30.